The largest absolute Gasteiger partial charge is 0.478 e. The highest BCUT2D eigenvalue weighted by molar-refractivity contribution is 6.04. The van der Waals surface area contributed by atoms with Crippen LogP contribution in [0.25, 0.3) is 11.1 Å². The summed E-state index contributed by atoms with van der Waals surface area (Å²) < 4.78 is 0. The topological polar surface area (TPSA) is 66.4 Å². The molecular weight excluding hydrogens is 302 g/mol. The fourth-order valence-corrected chi connectivity index (χ4v) is 2.89. The Balaban J connectivity index is 2.38. The molecule has 0 heterocycles. The van der Waals surface area contributed by atoms with Gasteiger partial charge in [-0.3, -0.25) is 4.79 Å². The van der Waals surface area contributed by atoms with E-state index in [2.05, 4.69) is 19.2 Å². The van der Waals surface area contributed by atoms with E-state index in [-0.39, 0.29) is 17.5 Å². The lowest BCUT2D eigenvalue weighted by molar-refractivity contribution is 0.0697. The van der Waals surface area contributed by atoms with Crippen molar-refractivity contribution in [1.82, 2.24) is 5.32 Å². The van der Waals surface area contributed by atoms with Crippen molar-refractivity contribution >= 4 is 11.9 Å². The van der Waals surface area contributed by atoms with Crippen molar-refractivity contribution in [3.05, 3.63) is 59.7 Å². The maximum absolute atomic E-state index is 12.7. The van der Waals surface area contributed by atoms with Crippen molar-refractivity contribution in [2.75, 3.05) is 0 Å². The highest BCUT2D eigenvalue weighted by Crippen LogP contribution is 2.27. The second kappa shape index (κ2) is 7.77. The van der Waals surface area contributed by atoms with Gasteiger partial charge in [0.25, 0.3) is 5.91 Å². The van der Waals surface area contributed by atoms with Gasteiger partial charge in [0.05, 0.1) is 5.56 Å². The van der Waals surface area contributed by atoms with Crippen LogP contribution in [0, 0.1) is 5.92 Å². The molecule has 0 aromatic heterocycles. The minimum absolute atomic E-state index is 0.0558. The predicted molar refractivity (Wildman–Crippen MR) is 95.2 cm³/mol. The summed E-state index contributed by atoms with van der Waals surface area (Å²) in [7, 11) is 0. The predicted octanol–water partition coefficient (Wildman–Crippen LogP) is 4.22. The number of hydrogen-bond donors (Lipinski definition) is 2. The lowest BCUT2D eigenvalue weighted by Crippen LogP contribution is -2.33. The van der Waals surface area contributed by atoms with Crippen LogP contribution in [-0.2, 0) is 0 Å². The molecule has 2 N–H and O–H groups in total. The highest BCUT2D eigenvalue weighted by Gasteiger charge is 2.18. The van der Waals surface area contributed by atoms with E-state index >= 15 is 0 Å². The summed E-state index contributed by atoms with van der Waals surface area (Å²) in [5.41, 5.74) is 1.85. The summed E-state index contributed by atoms with van der Waals surface area (Å²) in [5.74, 6) is -0.698. The molecular formula is C20H23NO3. The first-order chi connectivity index (χ1) is 11.4. The number of carbonyl (C=O) groups is 2. The molecule has 0 aliphatic rings. The minimum Gasteiger partial charge on any atom is -0.478 e. The third-order valence-corrected chi connectivity index (χ3v) is 3.82. The van der Waals surface area contributed by atoms with Gasteiger partial charge in [0, 0.05) is 11.6 Å². The van der Waals surface area contributed by atoms with E-state index in [1.807, 2.05) is 13.0 Å². The number of rotatable bonds is 6. The quantitative estimate of drug-likeness (QED) is 0.836. The molecule has 0 saturated heterocycles. The standard InChI is InChI=1S/C20H23NO3/c1-13(2)12-14(3)21-19(22)17-10-6-4-8-15(17)16-9-5-7-11-18(16)20(23)24/h4-11,13-14H,12H2,1-3H3,(H,21,22)(H,23,24). The Hall–Kier alpha value is -2.62. The van der Waals surface area contributed by atoms with Crippen molar-refractivity contribution < 1.29 is 14.7 Å². The molecule has 0 saturated carbocycles. The molecule has 4 nitrogen and oxygen atoms in total. The summed E-state index contributed by atoms with van der Waals surface area (Å²) >= 11 is 0. The van der Waals surface area contributed by atoms with E-state index in [1.54, 1.807) is 42.5 Å². The zero-order valence-corrected chi connectivity index (χ0v) is 14.2. The summed E-state index contributed by atoms with van der Waals surface area (Å²) in [6.07, 6.45) is 0.889. The second-order valence-electron chi connectivity index (χ2n) is 6.40. The molecule has 24 heavy (non-hydrogen) atoms. The van der Waals surface area contributed by atoms with E-state index in [1.165, 1.54) is 0 Å². The number of benzene rings is 2. The first-order valence-electron chi connectivity index (χ1n) is 8.12. The zero-order valence-electron chi connectivity index (χ0n) is 14.2. The van der Waals surface area contributed by atoms with E-state index in [0.717, 1.165) is 6.42 Å². The number of aromatic carboxylic acids is 1. The van der Waals surface area contributed by atoms with E-state index < -0.39 is 5.97 Å². The molecule has 0 aliphatic heterocycles. The molecule has 2 rings (SSSR count). The van der Waals surface area contributed by atoms with Crippen LogP contribution in [0.15, 0.2) is 48.5 Å². The highest BCUT2D eigenvalue weighted by atomic mass is 16.4. The van der Waals surface area contributed by atoms with Gasteiger partial charge < -0.3 is 10.4 Å². The van der Waals surface area contributed by atoms with Crippen LogP contribution in [0.2, 0.25) is 0 Å². The number of carboxylic acids is 1. The van der Waals surface area contributed by atoms with Crippen LogP contribution in [-0.4, -0.2) is 23.0 Å². The lowest BCUT2D eigenvalue weighted by Gasteiger charge is -2.18. The smallest absolute Gasteiger partial charge is 0.336 e. The molecule has 1 atom stereocenters. The van der Waals surface area contributed by atoms with Gasteiger partial charge in [-0.2, -0.15) is 0 Å². The van der Waals surface area contributed by atoms with Crippen LogP contribution in [0.1, 0.15) is 47.9 Å². The first kappa shape index (κ1) is 17.7. The third kappa shape index (κ3) is 4.22. The normalized spacial score (nSPS) is 12.0. The molecule has 0 fully saturated rings. The van der Waals surface area contributed by atoms with Crippen LogP contribution < -0.4 is 5.32 Å². The number of carboxylic acid groups (broad SMARTS) is 1. The van der Waals surface area contributed by atoms with Gasteiger partial charge in [0.15, 0.2) is 0 Å². The molecule has 0 aliphatic carbocycles. The fraction of sp³-hybridized carbons (Fsp3) is 0.300. The number of nitrogens with one attached hydrogen (secondary N) is 1. The lowest BCUT2D eigenvalue weighted by atomic mass is 9.94. The number of carbonyl (C=O) groups excluding carboxylic acids is 1. The molecule has 1 unspecified atom stereocenters. The Bertz CT molecular complexity index is 737. The molecule has 1 amide bonds. The van der Waals surface area contributed by atoms with Gasteiger partial charge in [-0.15, -0.1) is 0 Å². The van der Waals surface area contributed by atoms with Crippen LogP contribution in [0.5, 0.6) is 0 Å². The Labute approximate surface area is 142 Å². The van der Waals surface area contributed by atoms with E-state index in [9.17, 15) is 14.7 Å². The van der Waals surface area contributed by atoms with Crippen LogP contribution >= 0.6 is 0 Å². The zero-order chi connectivity index (χ0) is 17.7. The maximum Gasteiger partial charge on any atom is 0.336 e. The molecule has 4 heteroatoms. The van der Waals surface area contributed by atoms with E-state index in [4.69, 9.17) is 0 Å². The van der Waals surface area contributed by atoms with Crippen molar-refractivity contribution in [1.29, 1.82) is 0 Å². The third-order valence-electron chi connectivity index (χ3n) is 3.82. The SMILES string of the molecule is CC(C)CC(C)NC(=O)c1ccccc1-c1ccccc1C(=O)O. The van der Waals surface area contributed by atoms with Gasteiger partial charge >= 0.3 is 5.97 Å². The summed E-state index contributed by atoms with van der Waals surface area (Å²) in [6, 6.07) is 13.9. The first-order valence-corrected chi connectivity index (χ1v) is 8.12. The van der Waals surface area contributed by atoms with Crippen molar-refractivity contribution in [2.24, 2.45) is 5.92 Å². The monoisotopic (exact) mass is 325 g/mol. The van der Waals surface area contributed by atoms with Gasteiger partial charge in [-0.25, -0.2) is 4.79 Å². The summed E-state index contributed by atoms with van der Waals surface area (Å²) in [6.45, 7) is 6.20. The Morgan fingerprint density at radius 2 is 1.42 bits per heavy atom. The summed E-state index contributed by atoms with van der Waals surface area (Å²) in [5, 5.41) is 12.4. The molecule has 2 aromatic rings. The Morgan fingerprint density at radius 3 is 1.96 bits per heavy atom. The van der Waals surface area contributed by atoms with Gasteiger partial charge in [0.1, 0.15) is 0 Å². The maximum atomic E-state index is 12.7. The molecule has 0 bridgehead atoms. The van der Waals surface area contributed by atoms with Crippen molar-refractivity contribution in [2.45, 2.75) is 33.2 Å². The average molecular weight is 325 g/mol. The number of amides is 1. The van der Waals surface area contributed by atoms with Gasteiger partial charge in [0.2, 0.25) is 0 Å². The minimum atomic E-state index is -1.01. The van der Waals surface area contributed by atoms with Crippen molar-refractivity contribution in [3.63, 3.8) is 0 Å². The number of hydrogen-bond acceptors (Lipinski definition) is 2. The molecule has 0 spiro atoms. The Kier molecular flexibility index (Phi) is 5.74. The summed E-state index contributed by atoms with van der Waals surface area (Å²) in [4.78, 5) is 24.1. The van der Waals surface area contributed by atoms with E-state index in [0.29, 0.717) is 22.6 Å². The molecule has 2 aromatic carbocycles. The van der Waals surface area contributed by atoms with Crippen LogP contribution in [0.3, 0.4) is 0 Å². The molecule has 0 radical (unpaired) electrons. The van der Waals surface area contributed by atoms with Gasteiger partial charge in [-0.1, -0.05) is 50.2 Å². The van der Waals surface area contributed by atoms with Crippen molar-refractivity contribution in [3.8, 4) is 11.1 Å². The molecule has 126 valence electrons. The van der Waals surface area contributed by atoms with Gasteiger partial charge in [-0.05, 0) is 42.5 Å². The average Bonchev–Trinajstić information content (AvgIpc) is 2.54. The Morgan fingerprint density at radius 1 is 0.917 bits per heavy atom. The second-order valence-corrected chi connectivity index (χ2v) is 6.40. The van der Waals surface area contributed by atoms with Crippen LogP contribution in [0.4, 0.5) is 0 Å². The fourth-order valence-electron chi connectivity index (χ4n) is 2.89.